The Bertz CT molecular complexity index is 792. The standard InChI is InChI=1S/C16H22FN4O4P/c1-4-23-26(22,24-5-2)16-10-15(25-20(16)3)21-11-14(18-19-21)12-7-6-8-13(17)9-12/h6-9,11,15-16H,4-5,10H2,1-3H3/t15-,16+/m0/s1. The van der Waals surface area contributed by atoms with Gasteiger partial charge in [0.1, 0.15) is 17.3 Å². The van der Waals surface area contributed by atoms with Crippen LogP contribution >= 0.6 is 7.60 Å². The number of hydrogen-bond donors (Lipinski definition) is 0. The van der Waals surface area contributed by atoms with Crippen molar-refractivity contribution in [2.75, 3.05) is 20.3 Å². The maximum absolute atomic E-state index is 13.4. The molecule has 2 atom stereocenters. The van der Waals surface area contributed by atoms with Crippen LogP contribution < -0.4 is 0 Å². The SMILES string of the molecule is CCOP(=O)(OCC)[C@@H]1C[C@@H](n2cc(-c3cccc(F)c3)nn2)ON1C. The first kappa shape index (κ1) is 19.1. The Morgan fingerprint density at radius 3 is 2.73 bits per heavy atom. The lowest BCUT2D eigenvalue weighted by molar-refractivity contribution is -0.162. The van der Waals surface area contributed by atoms with Crippen molar-refractivity contribution in [1.82, 2.24) is 20.1 Å². The summed E-state index contributed by atoms with van der Waals surface area (Å²) in [5.41, 5.74) is 1.14. The minimum atomic E-state index is -3.35. The summed E-state index contributed by atoms with van der Waals surface area (Å²) < 4.78 is 38.8. The van der Waals surface area contributed by atoms with E-state index in [1.54, 1.807) is 39.2 Å². The topological polar surface area (TPSA) is 78.7 Å². The van der Waals surface area contributed by atoms with Gasteiger partial charge in [0.05, 0.1) is 19.4 Å². The second kappa shape index (κ2) is 7.94. The van der Waals surface area contributed by atoms with Crippen LogP contribution in [0.25, 0.3) is 11.3 Å². The fourth-order valence-electron chi connectivity index (χ4n) is 2.89. The van der Waals surface area contributed by atoms with Crippen molar-refractivity contribution in [2.45, 2.75) is 32.3 Å². The molecule has 0 aliphatic carbocycles. The number of halogens is 1. The zero-order valence-corrected chi connectivity index (χ0v) is 15.8. The van der Waals surface area contributed by atoms with E-state index >= 15 is 0 Å². The second-order valence-electron chi connectivity index (χ2n) is 5.79. The zero-order chi connectivity index (χ0) is 18.7. The highest BCUT2D eigenvalue weighted by molar-refractivity contribution is 7.54. The van der Waals surface area contributed by atoms with E-state index in [0.717, 1.165) is 0 Å². The van der Waals surface area contributed by atoms with Crippen molar-refractivity contribution >= 4 is 7.60 Å². The maximum atomic E-state index is 13.4. The molecule has 0 spiro atoms. The maximum Gasteiger partial charge on any atom is 0.350 e. The Balaban J connectivity index is 1.79. The van der Waals surface area contributed by atoms with Gasteiger partial charge in [-0.3, -0.25) is 9.40 Å². The number of nitrogens with zero attached hydrogens (tertiary/aromatic N) is 4. The van der Waals surface area contributed by atoms with E-state index in [9.17, 15) is 8.96 Å². The minimum Gasteiger partial charge on any atom is -0.308 e. The minimum absolute atomic E-state index is 0.277. The Hall–Kier alpha value is -1.64. The van der Waals surface area contributed by atoms with Crippen molar-refractivity contribution in [1.29, 1.82) is 0 Å². The van der Waals surface area contributed by atoms with Crippen LogP contribution in [0.5, 0.6) is 0 Å². The quantitative estimate of drug-likeness (QED) is 0.677. The molecule has 1 aromatic heterocycles. The van der Waals surface area contributed by atoms with Crippen molar-refractivity contribution in [2.24, 2.45) is 0 Å². The summed E-state index contributed by atoms with van der Waals surface area (Å²) in [4.78, 5) is 5.76. The van der Waals surface area contributed by atoms with Crippen molar-refractivity contribution < 1.29 is 22.8 Å². The average molecular weight is 384 g/mol. The van der Waals surface area contributed by atoms with Crippen LogP contribution in [0.4, 0.5) is 4.39 Å². The molecule has 2 heterocycles. The van der Waals surface area contributed by atoms with Gasteiger partial charge in [0.15, 0.2) is 6.23 Å². The summed E-state index contributed by atoms with van der Waals surface area (Å²) in [5.74, 6) is -0.891. The molecular weight excluding hydrogens is 362 g/mol. The lowest BCUT2D eigenvalue weighted by atomic mass is 10.2. The lowest BCUT2D eigenvalue weighted by Gasteiger charge is -2.25. The predicted molar refractivity (Wildman–Crippen MR) is 92.6 cm³/mol. The van der Waals surface area contributed by atoms with E-state index in [2.05, 4.69) is 10.3 Å². The van der Waals surface area contributed by atoms with E-state index in [0.29, 0.717) is 17.7 Å². The van der Waals surface area contributed by atoms with Gasteiger partial charge in [0.2, 0.25) is 0 Å². The van der Waals surface area contributed by atoms with Gasteiger partial charge in [0.25, 0.3) is 0 Å². The van der Waals surface area contributed by atoms with Crippen LogP contribution in [-0.4, -0.2) is 46.1 Å². The first-order chi connectivity index (χ1) is 12.5. The molecule has 1 aliphatic rings. The van der Waals surface area contributed by atoms with Crippen LogP contribution in [0, 0.1) is 5.82 Å². The van der Waals surface area contributed by atoms with Gasteiger partial charge in [-0.15, -0.1) is 5.10 Å². The summed E-state index contributed by atoms with van der Waals surface area (Å²) in [7, 11) is -1.67. The molecule has 1 aliphatic heterocycles. The molecule has 0 bridgehead atoms. The summed E-state index contributed by atoms with van der Waals surface area (Å²) in [6.45, 7) is 4.09. The predicted octanol–water partition coefficient (Wildman–Crippen LogP) is 3.44. The molecule has 0 unspecified atom stereocenters. The highest BCUT2D eigenvalue weighted by Gasteiger charge is 2.46. The number of benzene rings is 1. The monoisotopic (exact) mass is 384 g/mol. The van der Waals surface area contributed by atoms with E-state index in [-0.39, 0.29) is 19.0 Å². The Morgan fingerprint density at radius 1 is 1.35 bits per heavy atom. The number of rotatable bonds is 7. The molecule has 3 rings (SSSR count). The van der Waals surface area contributed by atoms with Crippen molar-refractivity contribution in [3.63, 3.8) is 0 Å². The lowest BCUT2D eigenvalue weighted by Crippen LogP contribution is -2.25. The van der Waals surface area contributed by atoms with Gasteiger partial charge in [-0.1, -0.05) is 17.3 Å². The molecule has 0 amide bonds. The Labute approximate surface area is 151 Å². The molecule has 1 saturated heterocycles. The summed E-state index contributed by atoms with van der Waals surface area (Å²) in [6.07, 6.45) is 1.52. The van der Waals surface area contributed by atoms with E-state index < -0.39 is 19.6 Å². The Morgan fingerprint density at radius 2 is 2.08 bits per heavy atom. The summed E-state index contributed by atoms with van der Waals surface area (Å²) in [6, 6.07) is 6.12. The Kier molecular flexibility index (Phi) is 5.84. The molecule has 1 aromatic carbocycles. The average Bonchev–Trinajstić information content (AvgIpc) is 3.22. The van der Waals surface area contributed by atoms with Gasteiger partial charge in [-0.25, -0.2) is 9.07 Å². The molecule has 0 radical (unpaired) electrons. The second-order valence-corrected chi connectivity index (χ2v) is 7.98. The highest BCUT2D eigenvalue weighted by atomic mass is 31.2. The highest BCUT2D eigenvalue weighted by Crippen LogP contribution is 2.58. The molecule has 0 saturated carbocycles. The number of hydrogen-bond acceptors (Lipinski definition) is 7. The molecule has 26 heavy (non-hydrogen) atoms. The zero-order valence-electron chi connectivity index (χ0n) is 14.9. The van der Waals surface area contributed by atoms with E-state index in [1.807, 2.05) is 0 Å². The van der Waals surface area contributed by atoms with Gasteiger partial charge < -0.3 is 9.05 Å². The van der Waals surface area contributed by atoms with Crippen LogP contribution in [-0.2, 0) is 18.5 Å². The molecule has 8 nitrogen and oxygen atoms in total. The van der Waals surface area contributed by atoms with Gasteiger partial charge >= 0.3 is 7.60 Å². The normalized spacial score (nSPS) is 21.4. The molecule has 10 heteroatoms. The molecule has 0 N–H and O–H groups in total. The molecule has 1 fully saturated rings. The molecule has 142 valence electrons. The van der Waals surface area contributed by atoms with Gasteiger partial charge in [-0.2, -0.15) is 5.06 Å². The van der Waals surface area contributed by atoms with E-state index in [4.69, 9.17) is 13.9 Å². The fourth-order valence-corrected chi connectivity index (χ4v) is 4.92. The largest absolute Gasteiger partial charge is 0.350 e. The van der Waals surface area contributed by atoms with Crippen molar-refractivity contribution in [3.05, 3.63) is 36.3 Å². The van der Waals surface area contributed by atoms with Crippen LogP contribution in [0.1, 0.15) is 26.5 Å². The fraction of sp³-hybridized carbons (Fsp3) is 0.500. The van der Waals surface area contributed by atoms with Gasteiger partial charge in [-0.05, 0) is 26.0 Å². The van der Waals surface area contributed by atoms with Crippen molar-refractivity contribution in [3.8, 4) is 11.3 Å². The molecular formula is C16H22FN4O4P. The summed E-state index contributed by atoms with van der Waals surface area (Å²) in [5, 5.41) is 9.63. The smallest absolute Gasteiger partial charge is 0.308 e. The van der Waals surface area contributed by atoms with Crippen LogP contribution in [0.3, 0.4) is 0 Å². The number of hydroxylamine groups is 2. The third-order valence-corrected chi connectivity index (χ3v) is 6.53. The van der Waals surface area contributed by atoms with Gasteiger partial charge in [0, 0.05) is 19.0 Å². The summed E-state index contributed by atoms with van der Waals surface area (Å²) >= 11 is 0. The van der Waals surface area contributed by atoms with Crippen LogP contribution in [0.15, 0.2) is 30.5 Å². The van der Waals surface area contributed by atoms with Crippen LogP contribution in [0.2, 0.25) is 0 Å². The van der Waals surface area contributed by atoms with E-state index in [1.165, 1.54) is 21.9 Å². The first-order valence-corrected chi connectivity index (χ1v) is 10.0. The first-order valence-electron chi connectivity index (χ1n) is 8.43. The third kappa shape index (κ3) is 3.87. The third-order valence-electron chi connectivity index (χ3n) is 4.03. The number of aromatic nitrogens is 3. The molecule has 2 aromatic rings.